The van der Waals surface area contributed by atoms with E-state index in [2.05, 4.69) is 47.1 Å². The minimum absolute atomic E-state index is 0.0565. The maximum Gasteiger partial charge on any atom is 0.111 e. The average molecular weight is 300 g/mol. The van der Waals surface area contributed by atoms with Gasteiger partial charge in [0.2, 0.25) is 0 Å². The monoisotopic (exact) mass is 300 g/mol. The summed E-state index contributed by atoms with van der Waals surface area (Å²) in [4.78, 5) is 0. The molecule has 0 aliphatic carbocycles. The molecule has 1 nitrogen and oxygen atoms in total. The molecule has 0 saturated heterocycles. The van der Waals surface area contributed by atoms with E-state index in [1.54, 1.807) is 13.0 Å². The lowest BCUT2D eigenvalue weighted by molar-refractivity contribution is 0.426. The molecule has 2 atom stereocenters. The van der Waals surface area contributed by atoms with Gasteiger partial charge in [-0.25, -0.2) is 0 Å². The highest BCUT2D eigenvalue weighted by atomic mass is 16.3. The summed E-state index contributed by atoms with van der Waals surface area (Å²) >= 11 is 0. The zero-order chi connectivity index (χ0) is 17.3. The van der Waals surface area contributed by atoms with Gasteiger partial charge in [-0.3, -0.25) is 0 Å². The van der Waals surface area contributed by atoms with E-state index in [-0.39, 0.29) is 5.76 Å². The lowest BCUT2D eigenvalue weighted by Gasteiger charge is -2.14. The van der Waals surface area contributed by atoms with Gasteiger partial charge in [0.1, 0.15) is 5.76 Å². The zero-order valence-corrected chi connectivity index (χ0v) is 14.8. The molecule has 0 aliphatic rings. The smallest absolute Gasteiger partial charge is 0.111 e. The number of allylic oxidation sites excluding steroid dienone is 7. The van der Waals surface area contributed by atoms with E-state index in [9.17, 15) is 5.11 Å². The third-order valence-corrected chi connectivity index (χ3v) is 4.18. The Morgan fingerprint density at radius 3 is 2.09 bits per heavy atom. The molecule has 0 aromatic carbocycles. The van der Waals surface area contributed by atoms with Crippen molar-refractivity contribution in [2.45, 2.75) is 47.0 Å². The Bertz CT molecular complexity index is 488. The van der Waals surface area contributed by atoms with Crippen LogP contribution in [-0.4, -0.2) is 5.11 Å². The van der Waals surface area contributed by atoms with E-state index >= 15 is 0 Å². The second-order valence-electron chi connectivity index (χ2n) is 6.22. The van der Waals surface area contributed by atoms with Gasteiger partial charge in [-0.05, 0) is 48.0 Å². The van der Waals surface area contributed by atoms with Gasteiger partial charge in [-0.2, -0.15) is 0 Å². The van der Waals surface area contributed by atoms with Crippen molar-refractivity contribution in [3.05, 3.63) is 72.6 Å². The van der Waals surface area contributed by atoms with Crippen molar-refractivity contribution >= 4 is 0 Å². The van der Waals surface area contributed by atoms with Crippen LogP contribution in [0.4, 0.5) is 0 Å². The molecule has 0 heterocycles. The van der Waals surface area contributed by atoms with Gasteiger partial charge >= 0.3 is 0 Å². The minimum atomic E-state index is 0.0565. The van der Waals surface area contributed by atoms with Gasteiger partial charge in [-0.1, -0.05) is 77.7 Å². The molecular formula is C21H32O. The molecule has 22 heavy (non-hydrogen) atoms. The number of aliphatic hydroxyl groups is 1. The largest absolute Gasteiger partial charge is 0.508 e. The summed E-state index contributed by atoms with van der Waals surface area (Å²) in [5.74, 6) is 1.30. The fourth-order valence-electron chi connectivity index (χ4n) is 1.84. The van der Waals surface area contributed by atoms with E-state index in [1.807, 2.05) is 12.2 Å². The fraction of sp³-hybridized carbons (Fsp3) is 0.429. The van der Waals surface area contributed by atoms with Gasteiger partial charge < -0.3 is 5.11 Å². The van der Waals surface area contributed by atoms with Crippen LogP contribution in [0.1, 0.15) is 47.0 Å². The third kappa shape index (κ3) is 7.87. The van der Waals surface area contributed by atoms with Gasteiger partial charge in [0, 0.05) is 0 Å². The Hall–Kier alpha value is -1.76. The van der Waals surface area contributed by atoms with Crippen LogP contribution >= 0.6 is 0 Å². The van der Waals surface area contributed by atoms with Crippen molar-refractivity contribution < 1.29 is 5.11 Å². The average Bonchev–Trinajstić information content (AvgIpc) is 2.48. The van der Waals surface area contributed by atoms with Gasteiger partial charge in [0.15, 0.2) is 0 Å². The molecule has 0 aliphatic heterocycles. The molecule has 0 bridgehead atoms. The highest BCUT2D eigenvalue weighted by Gasteiger charge is 2.07. The number of hydrogen-bond donors (Lipinski definition) is 1. The molecule has 0 aromatic rings. The van der Waals surface area contributed by atoms with Crippen LogP contribution in [0.5, 0.6) is 0 Å². The van der Waals surface area contributed by atoms with Gasteiger partial charge in [0.25, 0.3) is 0 Å². The van der Waals surface area contributed by atoms with E-state index in [1.165, 1.54) is 12.8 Å². The van der Waals surface area contributed by atoms with Crippen LogP contribution in [0.25, 0.3) is 0 Å². The molecule has 2 unspecified atom stereocenters. The van der Waals surface area contributed by atoms with Crippen molar-refractivity contribution in [2.24, 2.45) is 11.8 Å². The standard InChI is InChI=1S/C21H32O/c1-9-15(2)10-11-16(3)17(4)12-13-18(5)19(6)14-20(7)21(8)22/h12-16,22H,4-6,8-11H2,1-3,7H3/b13-12-,20-14-. The predicted molar refractivity (Wildman–Crippen MR) is 99.9 cm³/mol. The molecule has 0 radical (unpaired) electrons. The molecule has 1 N–H and O–H groups in total. The van der Waals surface area contributed by atoms with E-state index in [0.717, 1.165) is 29.1 Å². The SMILES string of the molecule is C=C(/C=C\C(=C)C(C)CCC(C)CC)C(=C)/C=C(/C)C(=C)O. The molecule has 0 fully saturated rings. The first-order valence-electron chi connectivity index (χ1n) is 8.00. The molecular weight excluding hydrogens is 268 g/mol. The summed E-state index contributed by atoms with van der Waals surface area (Å²) in [7, 11) is 0. The van der Waals surface area contributed by atoms with Crippen molar-refractivity contribution in [3.63, 3.8) is 0 Å². The quantitative estimate of drug-likeness (QED) is 0.352. The topological polar surface area (TPSA) is 20.2 Å². The van der Waals surface area contributed by atoms with Gasteiger partial charge in [-0.15, -0.1) is 0 Å². The first kappa shape index (κ1) is 20.2. The van der Waals surface area contributed by atoms with Crippen LogP contribution < -0.4 is 0 Å². The Kier molecular flexibility index (Phi) is 9.24. The highest BCUT2D eigenvalue weighted by molar-refractivity contribution is 5.47. The first-order valence-corrected chi connectivity index (χ1v) is 8.00. The molecule has 0 saturated carbocycles. The van der Waals surface area contributed by atoms with Crippen molar-refractivity contribution in [2.75, 3.05) is 0 Å². The second-order valence-corrected chi connectivity index (χ2v) is 6.22. The van der Waals surface area contributed by atoms with Crippen LogP contribution in [-0.2, 0) is 0 Å². The summed E-state index contributed by atoms with van der Waals surface area (Å²) in [5.41, 5.74) is 3.39. The van der Waals surface area contributed by atoms with Crippen molar-refractivity contribution in [1.29, 1.82) is 0 Å². The summed E-state index contributed by atoms with van der Waals surface area (Å²) < 4.78 is 0. The Labute approximate surface area is 137 Å². The lowest BCUT2D eigenvalue weighted by Crippen LogP contribution is -2.00. The van der Waals surface area contributed by atoms with Crippen LogP contribution in [0.3, 0.4) is 0 Å². The number of hydrogen-bond acceptors (Lipinski definition) is 1. The number of rotatable bonds is 10. The van der Waals surface area contributed by atoms with Crippen molar-refractivity contribution in [3.8, 4) is 0 Å². The Morgan fingerprint density at radius 1 is 1.00 bits per heavy atom. The highest BCUT2D eigenvalue weighted by Crippen LogP contribution is 2.22. The molecule has 1 heteroatoms. The fourth-order valence-corrected chi connectivity index (χ4v) is 1.84. The normalized spacial score (nSPS) is 14.6. The van der Waals surface area contributed by atoms with E-state index < -0.39 is 0 Å². The maximum atomic E-state index is 9.30. The minimum Gasteiger partial charge on any atom is -0.508 e. The Morgan fingerprint density at radius 2 is 1.59 bits per heavy atom. The van der Waals surface area contributed by atoms with E-state index in [0.29, 0.717) is 11.5 Å². The van der Waals surface area contributed by atoms with Crippen LogP contribution in [0.15, 0.2) is 72.6 Å². The second kappa shape index (κ2) is 10.0. The van der Waals surface area contributed by atoms with Crippen LogP contribution in [0, 0.1) is 11.8 Å². The maximum absolute atomic E-state index is 9.30. The molecule has 0 spiro atoms. The summed E-state index contributed by atoms with van der Waals surface area (Å²) in [6, 6.07) is 0. The van der Waals surface area contributed by atoms with Gasteiger partial charge in [0.05, 0.1) is 0 Å². The number of aliphatic hydroxyl groups excluding tert-OH is 1. The lowest BCUT2D eigenvalue weighted by atomic mass is 9.91. The zero-order valence-electron chi connectivity index (χ0n) is 14.8. The predicted octanol–water partition coefficient (Wildman–Crippen LogP) is 6.69. The molecule has 0 amide bonds. The van der Waals surface area contributed by atoms with E-state index in [4.69, 9.17) is 0 Å². The summed E-state index contributed by atoms with van der Waals surface area (Å²) in [6.07, 6.45) is 9.37. The summed E-state index contributed by atoms with van der Waals surface area (Å²) in [5, 5.41) is 9.30. The molecule has 0 aromatic heterocycles. The van der Waals surface area contributed by atoms with Crippen LogP contribution in [0.2, 0.25) is 0 Å². The molecule has 0 rings (SSSR count). The van der Waals surface area contributed by atoms with Crippen molar-refractivity contribution in [1.82, 2.24) is 0 Å². The third-order valence-electron chi connectivity index (χ3n) is 4.18. The first-order chi connectivity index (χ1) is 10.2. The summed E-state index contributed by atoms with van der Waals surface area (Å²) in [6.45, 7) is 24.1. The Balaban J connectivity index is 4.54. The molecule has 122 valence electrons.